The molecule has 3 nitrogen and oxygen atoms in total. The van der Waals surface area contributed by atoms with Crippen LogP contribution < -0.4 is 5.32 Å². The van der Waals surface area contributed by atoms with Gasteiger partial charge in [0.2, 0.25) is 5.91 Å². The summed E-state index contributed by atoms with van der Waals surface area (Å²) in [6, 6.07) is 0.0155. The molecule has 1 heterocycles. The summed E-state index contributed by atoms with van der Waals surface area (Å²) in [6.45, 7) is 14.3. The van der Waals surface area contributed by atoms with Crippen LogP contribution in [0.3, 0.4) is 0 Å². The van der Waals surface area contributed by atoms with E-state index >= 15 is 0 Å². The smallest absolute Gasteiger partial charge is 0.241 e. The first-order chi connectivity index (χ1) is 9.27. The average molecular weight is 280 g/mol. The van der Waals surface area contributed by atoms with Crippen molar-refractivity contribution in [2.24, 2.45) is 23.2 Å². The highest BCUT2D eigenvalue weighted by molar-refractivity contribution is 5.84. The van der Waals surface area contributed by atoms with Gasteiger partial charge in [-0.3, -0.25) is 10.1 Å². The van der Waals surface area contributed by atoms with E-state index in [1.54, 1.807) is 0 Å². The van der Waals surface area contributed by atoms with Crippen molar-refractivity contribution in [3.63, 3.8) is 0 Å². The maximum atomic E-state index is 12.7. The van der Waals surface area contributed by atoms with Crippen LogP contribution in [0.15, 0.2) is 0 Å². The molecule has 1 saturated carbocycles. The van der Waals surface area contributed by atoms with Gasteiger partial charge in [0.1, 0.15) is 0 Å². The van der Waals surface area contributed by atoms with E-state index in [0.717, 1.165) is 13.0 Å². The van der Waals surface area contributed by atoms with Crippen LogP contribution in [-0.4, -0.2) is 29.6 Å². The summed E-state index contributed by atoms with van der Waals surface area (Å²) in [6.07, 6.45) is 3.87. The number of nitrogens with zero attached hydrogens (tertiary/aromatic N) is 1. The predicted octanol–water partition coefficient (Wildman–Crippen LogP) is 3.25. The Balaban J connectivity index is 2.11. The Kier molecular flexibility index (Phi) is 4.48. The summed E-state index contributed by atoms with van der Waals surface area (Å²) in [5.74, 6) is 1.99. The molecule has 1 amide bonds. The molecule has 1 aliphatic carbocycles. The second kappa shape index (κ2) is 5.67. The summed E-state index contributed by atoms with van der Waals surface area (Å²) < 4.78 is 0. The molecule has 0 spiro atoms. The lowest BCUT2D eigenvalue weighted by molar-refractivity contribution is -0.132. The van der Waals surface area contributed by atoms with Crippen LogP contribution in [0.25, 0.3) is 0 Å². The number of hydrogen-bond acceptors (Lipinski definition) is 2. The lowest BCUT2D eigenvalue weighted by Gasteiger charge is -2.31. The number of amides is 1. The Morgan fingerprint density at radius 2 is 1.80 bits per heavy atom. The molecule has 0 radical (unpaired) electrons. The molecule has 20 heavy (non-hydrogen) atoms. The number of nitrogens with one attached hydrogen (secondary N) is 1. The Bertz CT molecular complexity index is 358. The quantitative estimate of drug-likeness (QED) is 0.810. The Morgan fingerprint density at radius 3 is 2.20 bits per heavy atom. The van der Waals surface area contributed by atoms with Crippen LogP contribution in [-0.2, 0) is 4.79 Å². The van der Waals surface area contributed by atoms with Crippen LogP contribution in [0, 0.1) is 23.2 Å². The summed E-state index contributed by atoms with van der Waals surface area (Å²) >= 11 is 0. The molecule has 116 valence electrons. The zero-order valence-corrected chi connectivity index (χ0v) is 14.1. The molecule has 2 unspecified atom stereocenters. The van der Waals surface area contributed by atoms with E-state index in [9.17, 15) is 4.79 Å². The topological polar surface area (TPSA) is 32.3 Å². The van der Waals surface area contributed by atoms with Gasteiger partial charge in [0.15, 0.2) is 0 Å². The van der Waals surface area contributed by atoms with Crippen molar-refractivity contribution in [3.05, 3.63) is 0 Å². The SMILES string of the molecule is CC(C)CC1NC(C(C)C)C(=O)N1CC1(C(C)C)CC1. The minimum absolute atomic E-state index is 0.0155. The molecule has 0 bridgehead atoms. The first-order valence-corrected chi connectivity index (χ1v) is 8.33. The molecule has 3 heteroatoms. The van der Waals surface area contributed by atoms with Crippen LogP contribution in [0.2, 0.25) is 0 Å². The van der Waals surface area contributed by atoms with Crippen LogP contribution in [0.5, 0.6) is 0 Å². The third-order valence-electron chi connectivity index (χ3n) is 5.26. The van der Waals surface area contributed by atoms with E-state index in [4.69, 9.17) is 0 Å². The highest BCUT2D eigenvalue weighted by Crippen LogP contribution is 2.53. The van der Waals surface area contributed by atoms with Gasteiger partial charge in [-0.2, -0.15) is 0 Å². The standard InChI is InChI=1S/C17H32N2O/c1-11(2)9-14-18-15(12(3)4)16(20)19(14)10-17(7-8-17)13(5)6/h11-15,18H,7-10H2,1-6H3. The largest absolute Gasteiger partial charge is 0.325 e. The predicted molar refractivity (Wildman–Crippen MR) is 83.2 cm³/mol. The zero-order chi connectivity index (χ0) is 15.1. The first kappa shape index (κ1) is 15.8. The minimum atomic E-state index is 0.0155. The van der Waals surface area contributed by atoms with Crippen molar-refractivity contribution in [3.8, 4) is 0 Å². The Morgan fingerprint density at radius 1 is 1.20 bits per heavy atom. The number of hydrogen-bond donors (Lipinski definition) is 1. The van der Waals surface area contributed by atoms with Gasteiger partial charge in [0.05, 0.1) is 12.2 Å². The van der Waals surface area contributed by atoms with Gasteiger partial charge < -0.3 is 4.90 Å². The van der Waals surface area contributed by atoms with Crippen molar-refractivity contribution in [2.75, 3.05) is 6.54 Å². The van der Waals surface area contributed by atoms with Gasteiger partial charge in [-0.05, 0) is 42.4 Å². The Hall–Kier alpha value is -0.570. The van der Waals surface area contributed by atoms with Crippen molar-refractivity contribution in [1.29, 1.82) is 0 Å². The van der Waals surface area contributed by atoms with Gasteiger partial charge in [-0.15, -0.1) is 0 Å². The molecule has 1 aliphatic heterocycles. The van der Waals surface area contributed by atoms with E-state index in [1.807, 2.05) is 0 Å². The van der Waals surface area contributed by atoms with E-state index < -0.39 is 0 Å². The number of carbonyl (C=O) groups is 1. The van der Waals surface area contributed by atoms with Gasteiger partial charge in [-0.1, -0.05) is 41.5 Å². The lowest BCUT2D eigenvalue weighted by atomic mass is 9.91. The molecular formula is C17H32N2O. The fourth-order valence-electron chi connectivity index (χ4n) is 3.43. The van der Waals surface area contributed by atoms with Crippen molar-refractivity contribution >= 4 is 5.91 Å². The highest BCUT2D eigenvalue weighted by Gasteiger charge is 2.51. The third-order valence-corrected chi connectivity index (χ3v) is 5.26. The second-order valence-electron chi connectivity index (χ2n) is 8.02. The molecule has 0 aromatic carbocycles. The molecule has 1 N–H and O–H groups in total. The summed E-state index contributed by atoms with van der Waals surface area (Å²) in [5, 5.41) is 3.59. The van der Waals surface area contributed by atoms with Crippen LogP contribution in [0.1, 0.15) is 60.8 Å². The van der Waals surface area contributed by atoms with Gasteiger partial charge in [0, 0.05) is 6.54 Å². The van der Waals surface area contributed by atoms with E-state index in [1.165, 1.54) is 12.8 Å². The maximum absolute atomic E-state index is 12.7. The van der Waals surface area contributed by atoms with Crippen molar-refractivity contribution < 1.29 is 4.79 Å². The fourth-order valence-corrected chi connectivity index (χ4v) is 3.43. The maximum Gasteiger partial charge on any atom is 0.241 e. The minimum Gasteiger partial charge on any atom is -0.325 e. The van der Waals surface area contributed by atoms with E-state index in [0.29, 0.717) is 29.1 Å². The normalized spacial score (nSPS) is 29.1. The zero-order valence-electron chi connectivity index (χ0n) is 14.1. The van der Waals surface area contributed by atoms with Crippen LogP contribution >= 0.6 is 0 Å². The van der Waals surface area contributed by atoms with Gasteiger partial charge in [-0.25, -0.2) is 0 Å². The third kappa shape index (κ3) is 3.03. The summed E-state index contributed by atoms with van der Waals surface area (Å²) in [5.41, 5.74) is 0.401. The molecule has 2 atom stereocenters. The second-order valence-corrected chi connectivity index (χ2v) is 8.02. The molecule has 0 aromatic rings. The molecule has 0 aromatic heterocycles. The molecule has 2 fully saturated rings. The monoisotopic (exact) mass is 280 g/mol. The Labute approximate surface area is 124 Å². The first-order valence-electron chi connectivity index (χ1n) is 8.33. The van der Waals surface area contributed by atoms with Gasteiger partial charge >= 0.3 is 0 Å². The van der Waals surface area contributed by atoms with Gasteiger partial charge in [0.25, 0.3) is 0 Å². The van der Waals surface area contributed by atoms with Crippen molar-refractivity contribution in [2.45, 2.75) is 73.0 Å². The number of rotatable bonds is 6. The summed E-state index contributed by atoms with van der Waals surface area (Å²) in [7, 11) is 0. The average Bonchev–Trinajstić information content (AvgIpc) is 3.05. The van der Waals surface area contributed by atoms with Crippen molar-refractivity contribution in [1.82, 2.24) is 10.2 Å². The van der Waals surface area contributed by atoms with Crippen LogP contribution in [0.4, 0.5) is 0 Å². The number of carbonyl (C=O) groups excluding carboxylic acids is 1. The van der Waals surface area contributed by atoms with E-state index in [-0.39, 0.29) is 12.2 Å². The lowest BCUT2D eigenvalue weighted by Crippen LogP contribution is -2.42. The molecule has 1 saturated heterocycles. The summed E-state index contributed by atoms with van der Waals surface area (Å²) in [4.78, 5) is 14.9. The molecule has 2 rings (SSSR count). The fraction of sp³-hybridized carbons (Fsp3) is 0.941. The molecular weight excluding hydrogens is 248 g/mol. The molecule has 2 aliphatic rings. The highest BCUT2D eigenvalue weighted by atomic mass is 16.2. The van der Waals surface area contributed by atoms with E-state index in [2.05, 4.69) is 51.8 Å².